The van der Waals surface area contributed by atoms with E-state index in [0.717, 1.165) is 24.4 Å². The summed E-state index contributed by atoms with van der Waals surface area (Å²) in [4.78, 5) is 21.2. The van der Waals surface area contributed by atoms with Gasteiger partial charge in [-0.3, -0.25) is 14.4 Å². The number of benzene rings is 2. The van der Waals surface area contributed by atoms with Crippen LogP contribution in [-0.2, 0) is 21.5 Å². The van der Waals surface area contributed by atoms with Crippen LogP contribution in [-0.4, -0.2) is 32.9 Å². The Morgan fingerprint density at radius 1 is 1.16 bits per heavy atom. The zero-order chi connectivity index (χ0) is 30.5. The first kappa shape index (κ1) is 25.0. The summed E-state index contributed by atoms with van der Waals surface area (Å²) < 4.78 is 109. The van der Waals surface area contributed by atoms with E-state index in [9.17, 15) is 17.6 Å². The van der Waals surface area contributed by atoms with E-state index in [0.29, 0.717) is 3.57 Å². The van der Waals surface area contributed by atoms with E-state index in [1.807, 2.05) is 28.1 Å². The van der Waals surface area contributed by atoms with Crippen molar-refractivity contribution in [1.29, 1.82) is 0 Å². The molecule has 1 amide bonds. The van der Waals surface area contributed by atoms with Gasteiger partial charge in [-0.05, 0) is 64.0 Å². The summed E-state index contributed by atoms with van der Waals surface area (Å²) in [6.07, 6.45) is 1.51. The summed E-state index contributed by atoms with van der Waals surface area (Å²) >= 11 is 1.84. The Labute approximate surface area is 233 Å². The minimum atomic E-state index is -4.80. The standard InChI is InChI=1S/C23H20F4IN5O4S/c1-3-8-37-32-23(34)15-10-13(9-12-6-7-30-22(19(12)26)33-38(35,36)29-2)18(25)20(27)21(15)31-17-5-4-14(28)11-16(17)24/h3-7,10-11,29,31H,1,8-9H2,2H3,(H,30,33)(H,32,34)/i2D3. The van der Waals surface area contributed by atoms with Crippen molar-refractivity contribution in [2.45, 2.75) is 6.42 Å². The molecule has 3 aromatic rings. The molecule has 9 nitrogen and oxygen atoms in total. The highest BCUT2D eigenvalue weighted by molar-refractivity contribution is 14.1. The lowest BCUT2D eigenvalue weighted by molar-refractivity contribution is 0.0422. The lowest BCUT2D eigenvalue weighted by Crippen LogP contribution is -2.27. The molecular weight excluding hydrogens is 645 g/mol. The number of carbonyl (C=O) groups is 1. The molecule has 3 rings (SSSR count). The van der Waals surface area contributed by atoms with Crippen molar-refractivity contribution in [2.75, 3.05) is 23.6 Å². The van der Waals surface area contributed by atoms with Crippen molar-refractivity contribution in [3.63, 3.8) is 0 Å². The summed E-state index contributed by atoms with van der Waals surface area (Å²) in [7, 11) is -4.80. The van der Waals surface area contributed by atoms with Gasteiger partial charge < -0.3 is 5.32 Å². The normalized spacial score (nSPS) is 12.7. The van der Waals surface area contributed by atoms with Crippen LogP contribution in [0.15, 0.2) is 49.2 Å². The fourth-order valence-electron chi connectivity index (χ4n) is 3.10. The smallest absolute Gasteiger partial charge is 0.300 e. The van der Waals surface area contributed by atoms with Gasteiger partial charge in [0.15, 0.2) is 23.3 Å². The van der Waals surface area contributed by atoms with Crippen molar-refractivity contribution >= 4 is 55.9 Å². The Balaban J connectivity index is 2.04. The molecule has 4 N–H and O–H groups in total. The number of hydroxylamine groups is 1. The van der Waals surface area contributed by atoms with E-state index in [1.165, 1.54) is 22.9 Å². The predicted molar refractivity (Wildman–Crippen MR) is 141 cm³/mol. The third-order valence-corrected chi connectivity index (χ3v) is 6.20. The molecule has 0 aliphatic carbocycles. The largest absolute Gasteiger partial charge is 0.350 e. The number of carbonyl (C=O) groups excluding carboxylic acids is 1. The molecule has 2 aromatic carbocycles. The van der Waals surface area contributed by atoms with E-state index >= 15 is 13.2 Å². The molecule has 0 spiro atoms. The fourth-order valence-corrected chi connectivity index (χ4v) is 4.01. The summed E-state index contributed by atoms with van der Waals surface area (Å²) in [5, 5.41) is 2.36. The molecular formula is C23H20F4IN5O4S. The van der Waals surface area contributed by atoms with E-state index in [1.54, 1.807) is 4.72 Å². The SMILES string of the molecule is [2H]C([2H])([2H])NS(=O)(=O)Nc1nccc(Cc2cc(C(=O)NOCC=C)c(Nc3ccc(I)cc3F)c(F)c2F)c1F. The van der Waals surface area contributed by atoms with E-state index < -0.39 is 81.0 Å². The Kier molecular flexibility index (Phi) is 8.24. The third kappa shape index (κ3) is 6.97. The van der Waals surface area contributed by atoms with Gasteiger partial charge in [0.05, 0.1) is 23.5 Å². The first-order valence-corrected chi connectivity index (χ1v) is 12.9. The van der Waals surface area contributed by atoms with Gasteiger partial charge in [-0.1, -0.05) is 6.08 Å². The molecule has 0 fully saturated rings. The fraction of sp³-hybridized carbons (Fsp3) is 0.130. The molecule has 0 radical (unpaired) electrons. The number of hydrogen-bond donors (Lipinski definition) is 4. The minimum absolute atomic E-state index is 0.145. The summed E-state index contributed by atoms with van der Waals surface area (Å²) in [6.45, 7) is 0.127. The van der Waals surface area contributed by atoms with E-state index in [2.05, 4.69) is 16.9 Å². The number of halogens is 5. The number of aromatic nitrogens is 1. The van der Waals surface area contributed by atoms with E-state index in [4.69, 9.17) is 8.95 Å². The maximum atomic E-state index is 15.4. The molecule has 0 unspecified atom stereocenters. The molecule has 0 saturated heterocycles. The second-order valence-corrected chi connectivity index (χ2v) is 10.0. The van der Waals surface area contributed by atoms with Crippen molar-refractivity contribution < 1.29 is 39.7 Å². The number of nitrogens with zero attached hydrogens (tertiary/aromatic N) is 1. The Bertz CT molecular complexity index is 1600. The zero-order valence-electron chi connectivity index (χ0n) is 22.0. The Hall–Kier alpha value is -3.28. The molecule has 0 bridgehead atoms. The first-order chi connectivity index (χ1) is 19.1. The number of hydrogen-bond acceptors (Lipinski definition) is 6. The molecule has 1 aromatic heterocycles. The van der Waals surface area contributed by atoms with Crippen LogP contribution in [0.1, 0.15) is 25.6 Å². The molecule has 15 heteroatoms. The number of rotatable bonds is 11. The lowest BCUT2D eigenvalue weighted by atomic mass is 10.00. The van der Waals surface area contributed by atoms with Crippen LogP contribution in [0.5, 0.6) is 0 Å². The molecule has 202 valence electrons. The Morgan fingerprint density at radius 2 is 1.92 bits per heavy atom. The summed E-state index contributed by atoms with van der Waals surface area (Å²) in [6, 6.07) is 5.74. The van der Waals surface area contributed by atoms with Gasteiger partial charge in [0.25, 0.3) is 16.1 Å². The number of amides is 1. The molecule has 0 atom stereocenters. The van der Waals surface area contributed by atoms with Gasteiger partial charge in [0.2, 0.25) is 0 Å². The molecule has 1 heterocycles. The molecule has 0 aliphatic heterocycles. The predicted octanol–water partition coefficient (Wildman–Crippen LogP) is 4.30. The zero-order valence-corrected chi connectivity index (χ0v) is 22.0. The minimum Gasteiger partial charge on any atom is -0.350 e. The monoisotopic (exact) mass is 668 g/mol. The summed E-state index contributed by atoms with van der Waals surface area (Å²) in [5.74, 6) is -7.28. The van der Waals surface area contributed by atoms with Crippen LogP contribution >= 0.6 is 22.6 Å². The van der Waals surface area contributed by atoms with Gasteiger partial charge in [-0.2, -0.15) is 8.42 Å². The highest BCUT2D eigenvalue weighted by Gasteiger charge is 2.25. The maximum absolute atomic E-state index is 15.4. The molecule has 0 aliphatic rings. The third-order valence-electron chi connectivity index (χ3n) is 4.80. The first-order valence-electron chi connectivity index (χ1n) is 11.8. The maximum Gasteiger partial charge on any atom is 0.300 e. The van der Waals surface area contributed by atoms with Crippen molar-refractivity contribution in [3.05, 3.63) is 92.7 Å². The number of pyridine rings is 1. The average Bonchev–Trinajstić information content (AvgIpc) is 2.85. The number of nitrogens with one attached hydrogen (secondary N) is 4. The van der Waals surface area contributed by atoms with E-state index in [-0.39, 0.29) is 12.3 Å². The Morgan fingerprint density at radius 3 is 2.61 bits per heavy atom. The van der Waals surface area contributed by atoms with Gasteiger partial charge >= 0.3 is 0 Å². The van der Waals surface area contributed by atoms with Crippen molar-refractivity contribution in [2.24, 2.45) is 0 Å². The van der Waals surface area contributed by atoms with Gasteiger partial charge in [0, 0.05) is 27.3 Å². The van der Waals surface area contributed by atoms with Gasteiger partial charge in [-0.15, -0.1) is 6.58 Å². The molecule has 38 heavy (non-hydrogen) atoms. The summed E-state index contributed by atoms with van der Waals surface area (Å²) in [5.41, 5.74) is -0.512. The second kappa shape index (κ2) is 12.5. The van der Waals surface area contributed by atoms with Crippen LogP contribution in [0.3, 0.4) is 0 Å². The van der Waals surface area contributed by atoms with Crippen LogP contribution in [0.2, 0.25) is 0 Å². The number of anilines is 3. The van der Waals surface area contributed by atoms with Crippen LogP contribution < -0.4 is 20.2 Å². The topological polar surface area (TPSA) is 121 Å². The van der Waals surface area contributed by atoms with Crippen molar-refractivity contribution in [1.82, 2.24) is 15.2 Å². The van der Waals surface area contributed by atoms with Crippen LogP contribution in [0, 0.1) is 26.8 Å². The van der Waals surface area contributed by atoms with Gasteiger partial charge in [-0.25, -0.2) is 32.7 Å². The average molecular weight is 668 g/mol. The highest BCUT2D eigenvalue weighted by atomic mass is 127. The highest BCUT2D eigenvalue weighted by Crippen LogP contribution is 2.32. The van der Waals surface area contributed by atoms with Gasteiger partial charge in [0.1, 0.15) is 5.82 Å². The second-order valence-electron chi connectivity index (χ2n) is 7.38. The quantitative estimate of drug-likeness (QED) is 0.0796. The lowest BCUT2D eigenvalue weighted by Gasteiger charge is -2.17. The van der Waals surface area contributed by atoms with Crippen molar-refractivity contribution in [3.8, 4) is 0 Å². The molecule has 0 saturated carbocycles. The van der Waals surface area contributed by atoms with Crippen LogP contribution in [0.25, 0.3) is 0 Å². The van der Waals surface area contributed by atoms with Crippen LogP contribution in [0.4, 0.5) is 34.8 Å².